The summed E-state index contributed by atoms with van der Waals surface area (Å²) in [7, 11) is 3.84. The maximum Gasteiger partial charge on any atom is 0.236 e. The van der Waals surface area contributed by atoms with E-state index in [9.17, 15) is 4.79 Å². The highest BCUT2D eigenvalue weighted by atomic mass is 16.5. The Labute approximate surface area is 143 Å². The Balaban J connectivity index is 1.46. The smallest absolute Gasteiger partial charge is 0.236 e. The van der Waals surface area contributed by atoms with Crippen LogP contribution in [0.15, 0.2) is 12.4 Å². The van der Waals surface area contributed by atoms with Crippen LogP contribution in [0.5, 0.6) is 0 Å². The SMILES string of the molecule is Cc1cnc(NCCC2CCOC23CN(C(=O)CN(C)C)C3)nc1. The molecule has 1 aromatic heterocycles. The van der Waals surface area contributed by atoms with Gasteiger partial charge >= 0.3 is 0 Å². The fourth-order valence-electron chi connectivity index (χ4n) is 3.53. The molecule has 7 heteroatoms. The van der Waals surface area contributed by atoms with E-state index in [1.807, 2.05) is 43.2 Å². The Bertz CT molecular complexity index is 569. The van der Waals surface area contributed by atoms with Crippen molar-refractivity contribution in [3.05, 3.63) is 18.0 Å². The van der Waals surface area contributed by atoms with Crippen molar-refractivity contribution in [2.75, 3.05) is 52.2 Å². The van der Waals surface area contributed by atoms with E-state index < -0.39 is 0 Å². The number of nitrogens with one attached hydrogen (secondary N) is 1. The first-order chi connectivity index (χ1) is 11.5. The summed E-state index contributed by atoms with van der Waals surface area (Å²) in [4.78, 5) is 24.5. The third-order valence-corrected chi connectivity index (χ3v) is 4.88. The molecular formula is C17H27N5O2. The molecule has 132 valence electrons. The van der Waals surface area contributed by atoms with Crippen LogP contribution < -0.4 is 5.32 Å². The lowest BCUT2D eigenvalue weighted by molar-refractivity contribution is -0.165. The quantitative estimate of drug-likeness (QED) is 0.829. The minimum Gasteiger partial charge on any atom is -0.371 e. The monoisotopic (exact) mass is 333 g/mol. The third kappa shape index (κ3) is 3.67. The predicted molar refractivity (Wildman–Crippen MR) is 91.8 cm³/mol. The van der Waals surface area contributed by atoms with E-state index in [1.54, 1.807) is 0 Å². The normalized spacial score (nSPS) is 22.0. The van der Waals surface area contributed by atoms with Crippen LogP contribution in [0.25, 0.3) is 0 Å². The van der Waals surface area contributed by atoms with Gasteiger partial charge in [0, 0.05) is 25.5 Å². The van der Waals surface area contributed by atoms with Gasteiger partial charge in [0.05, 0.1) is 19.6 Å². The number of carbonyl (C=O) groups is 1. The second-order valence-corrected chi connectivity index (χ2v) is 7.19. The average molecular weight is 333 g/mol. The highest BCUT2D eigenvalue weighted by Gasteiger charge is 2.53. The van der Waals surface area contributed by atoms with E-state index in [2.05, 4.69) is 15.3 Å². The Kier molecular flexibility index (Phi) is 5.01. The highest BCUT2D eigenvalue weighted by Crippen LogP contribution is 2.41. The van der Waals surface area contributed by atoms with Crippen molar-refractivity contribution in [1.82, 2.24) is 19.8 Å². The van der Waals surface area contributed by atoms with E-state index in [4.69, 9.17) is 4.74 Å². The van der Waals surface area contributed by atoms with Gasteiger partial charge in [0.15, 0.2) is 0 Å². The number of hydrogen-bond acceptors (Lipinski definition) is 6. The van der Waals surface area contributed by atoms with Gasteiger partial charge in [-0.1, -0.05) is 0 Å². The van der Waals surface area contributed by atoms with E-state index in [1.165, 1.54) is 0 Å². The fraction of sp³-hybridized carbons (Fsp3) is 0.706. The van der Waals surface area contributed by atoms with Crippen LogP contribution in [-0.2, 0) is 9.53 Å². The molecular weight excluding hydrogens is 306 g/mol. The lowest BCUT2D eigenvalue weighted by atomic mass is 9.79. The van der Waals surface area contributed by atoms with E-state index in [0.717, 1.165) is 44.6 Å². The van der Waals surface area contributed by atoms with Gasteiger partial charge in [-0.05, 0) is 45.3 Å². The lowest BCUT2D eigenvalue weighted by Crippen LogP contribution is -2.67. The Morgan fingerprint density at radius 3 is 2.79 bits per heavy atom. The molecule has 1 atom stereocenters. The van der Waals surface area contributed by atoms with E-state index >= 15 is 0 Å². The van der Waals surface area contributed by atoms with Crippen molar-refractivity contribution in [2.24, 2.45) is 5.92 Å². The summed E-state index contributed by atoms with van der Waals surface area (Å²) in [5.74, 6) is 1.34. The molecule has 0 aliphatic carbocycles. The standard InChI is InChI=1S/C17H27N5O2/c1-13-8-19-16(20-9-13)18-6-4-14-5-7-24-17(14)11-22(12-17)15(23)10-21(2)3/h8-9,14H,4-7,10-12H2,1-3H3,(H,18,19,20). The number of nitrogens with zero attached hydrogens (tertiary/aromatic N) is 4. The van der Waals surface area contributed by atoms with Crippen LogP contribution in [-0.4, -0.2) is 78.2 Å². The molecule has 2 aliphatic heterocycles. The van der Waals surface area contributed by atoms with Gasteiger partial charge < -0.3 is 19.9 Å². The minimum absolute atomic E-state index is 0.127. The van der Waals surface area contributed by atoms with Crippen LogP contribution in [0, 0.1) is 12.8 Å². The summed E-state index contributed by atoms with van der Waals surface area (Å²) in [6.45, 7) is 5.51. The molecule has 2 aliphatic rings. The average Bonchev–Trinajstić information content (AvgIpc) is 2.91. The summed E-state index contributed by atoms with van der Waals surface area (Å²) in [6, 6.07) is 0. The van der Waals surface area contributed by atoms with Crippen molar-refractivity contribution >= 4 is 11.9 Å². The molecule has 2 saturated heterocycles. The van der Waals surface area contributed by atoms with Gasteiger partial charge in [0.1, 0.15) is 5.60 Å². The molecule has 3 heterocycles. The molecule has 1 amide bonds. The number of carbonyl (C=O) groups excluding carboxylic acids is 1. The van der Waals surface area contributed by atoms with Crippen molar-refractivity contribution < 1.29 is 9.53 Å². The van der Waals surface area contributed by atoms with Crippen molar-refractivity contribution in [2.45, 2.75) is 25.4 Å². The van der Waals surface area contributed by atoms with Crippen LogP contribution >= 0.6 is 0 Å². The maximum atomic E-state index is 12.1. The molecule has 24 heavy (non-hydrogen) atoms. The first kappa shape index (κ1) is 17.1. The second-order valence-electron chi connectivity index (χ2n) is 7.19. The number of hydrogen-bond donors (Lipinski definition) is 1. The zero-order chi connectivity index (χ0) is 17.2. The molecule has 0 aromatic carbocycles. The first-order valence-corrected chi connectivity index (χ1v) is 8.57. The van der Waals surface area contributed by atoms with Crippen LogP contribution in [0.1, 0.15) is 18.4 Å². The molecule has 7 nitrogen and oxygen atoms in total. The van der Waals surface area contributed by atoms with Gasteiger partial charge in [-0.25, -0.2) is 9.97 Å². The van der Waals surface area contributed by atoms with E-state index in [-0.39, 0.29) is 11.5 Å². The predicted octanol–water partition coefficient (Wildman–Crippen LogP) is 0.766. The molecule has 0 bridgehead atoms. The Morgan fingerprint density at radius 2 is 2.12 bits per heavy atom. The summed E-state index contributed by atoms with van der Waals surface area (Å²) in [5, 5.41) is 3.28. The van der Waals surface area contributed by atoms with Gasteiger partial charge in [-0.15, -0.1) is 0 Å². The van der Waals surface area contributed by atoms with Gasteiger partial charge in [-0.3, -0.25) is 4.79 Å². The maximum absolute atomic E-state index is 12.1. The molecule has 0 radical (unpaired) electrons. The minimum atomic E-state index is -0.127. The van der Waals surface area contributed by atoms with Crippen LogP contribution in [0.2, 0.25) is 0 Å². The van der Waals surface area contributed by atoms with Crippen molar-refractivity contribution in [3.8, 4) is 0 Å². The number of amides is 1. The lowest BCUT2D eigenvalue weighted by Gasteiger charge is -2.50. The summed E-state index contributed by atoms with van der Waals surface area (Å²) < 4.78 is 6.03. The van der Waals surface area contributed by atoms with Crippen LogP contribution in [0.4, 0.5) is 5.95 Å². The topological polar surface area (TPSA) is 70.6 Å². The summed E-state index contributed by atoms with van der Waals surface area (Å²) in [5.41, 5.74) is 0.929. The molecule has 2 fully saturated rings. The highest BCUT2D eigenvalue weighted by molar-refractivity contribution is 5.79. The van der Waals surface area contributed by atoms with Gasteiger partial charge in [0.2, 0.25) is 11.9 Å². The number of likely N-dealkylation sites (tertiary alicyclic amines) is 1. The second kappa shape index (κ2) is 7.03. The summed E-state index contributed by atoms with van der Waals surface area (Å²) >= 11 is 0. The molecule has 3 rings (SSSR count). The molecule has 1 unspecified atom stereocenters. The molecule has 1 aromatic rings. The van der Waals surface area contributed by atoms with Gasteiger partial charge in [-0.2, -0.15) is 0 Å². The van der Waals surface area contributed by atoms with E-state index in [0.29, 0.717) is 18.4 Å². The largest absolute Gasteiger partial charge is 0.371 e. The first-order valence-electron chi connectivity index (χ1n) is 8.57. The van der Waals surface area contributed by atoms with Crippen molar-refractivity contribution in [3.63, 3.8) is 0 Å². The number of aromatic nitrogens is 2. The Morgan fingerprint density at radius 1 is 1.42 bits per heavy atom. The summed E-state index contributed by atoms with van der Waals surface area (Å²) in [6.07, 6.45) is 5.70. The zero-order valence-electron chi connectivity index (χ0n) is 14.8. The molecule has 0 saturated carbocycles. The van der Waals surface area contributed by atoms with Crippen LogP contribution in [0.3, 0.4) is 0 Å². The number of rotatable bonds is 6. The molecule has 1 spiro atoms. The fourth-order valence-corrected chi connectivity index (χ4v) is 3.53. The number of likely N-dealkylation sites (N-methyl/N-ethyl adjacent to an activating group) is 1. The number of anilines is 1. The Hall–Kier alpha value is -1.73. The molecule has 1 N–H and O–H groups in total. The third-order valence-electron chi connectivity index (χ3n) is 4.88. The van der Waals surface area contributed by atoms with Gasteiger partial charge in [0.25, 0.3) is 0 Å². The zero-order valence-corrected chi connectivity index (χ0v) is 14.8. The number of ether oxygens (including phenoxy) is 1. The van der Waals surface area contributed by atoms with Crippen molar-refractivity contribution in [1.29, 1.82) is 0 Å². The number of aryl methyl sites for hydroxylation is 1.